The molecule has 1 aliphatic rings. The van der Waals surface area contributed by atoms with Crippen LogP contribution in [0.4, 0.5) is 0 Å². The van der Waals surface area contributed by atoms with Gasteiger partial charge in [-0.15, -0.1) is 0 Å². The lowest BCUT2D eigenvalue weighted by atomic mass is 9.94. The second kappa shape index (κ2) is 8.48. The number of rotatable bonds is 7. The van der Waals surface area contributed by atoms with Gasteiger partial charge < -0.3 is 15.7 Å². The Labute approximate surface area is 104 Å². The van der Waals surface area contributed by atoms with E-state index in [1.165, 1.54) is 12.8 Å². The van der Waals surface area contributed by atoms with Gasteiger partial charge >= 0.3 is 0 Å². The highest BCUT2D eigenvalue weighted by Crippen LogP contribution is 2.15. The molecule has 0 aromatic heterocycles. The smallest absolute Gasteiger partial charge is 0.220 e. The number of hydrogen-bond acceptors (Lipinski definition) is 3. The maximum atomic E-state index is 11.7. The van der Waals surface area contributed by atoms with Gasteiger partial charge in [-0.3, -0.25) is 4.79 Å². The number of carbonyl (C=O) groups excluding carboxylic acids is 1. The van der Waals surface area contributed by atoms with E-state index in [1.807, 2.05) is 6.92 Å². The van der Waals surface area contributed by atoms with Gasteiger partial charge in [-0.25, -0.2) is 0 Å². The van der Waals surface area contributed by atoms with Crippen LogP contribution < -0.4 is 10.6 Å². The fraction of sp³-hybridized carbons (Fsp3) is 0.923. The largest absolute Gasteiger partial charge is 0.396 e. The minimum Gasteiger partial charge on any atom is -0.396 e. The third kappa shape index (κ3) is 6.64. The van der Waals surface area contributed by atoms with E-state index in [2.05, 4.69) is 10.6 Å². The van der Waals surface area contributed by atoms with Crippen LogP contribution in [0.3, 0.4) is 0 Å². The molecule has 1 saturated heterocycles. The van der Waals surface area contributed by atoms with Crippen molar-refractivity contribution in [3.05, 3.63) is 0 Å². The molecule has 0 aromatic carbocycles. The molecule has 1 rings (SSSR count). The SMILES string of the molecule is CC(CCCO)NC(=O)CCC1CCCNC1. The van der Waals surface area contributed by atoms with Crippen LogP contribution in [0.2, 0.25) is 0 Å². The van der Waals surface area contributed by atoms with Crippen LogP contribution in [-0.2, 0) is 4.79 Å². The molecule has 4 heteroatoms. The molecule has 0 aliphatic carbocycles. The molecule has 1 amide bonds. The molecule has 2 unspecified atom stereocenters. The number of carbonyl (C=O) groups is 1. The lowest BCUT2D eigenvalue weighted by molar-refractivity contribution is -0.122. The number of hydrogen-bond donors (Lipinski definition) is 3. The van der Waals surface area contributed by atoms with Gasteiger partial charge in [-0.1, -0.05) is 0 Å². The summed E-state index contributed by atoms with van der Waals surface area (Å²) >= 11 is 0. The maximum Gasteiger partial charge on any atom is 0.220 e. The van der Waals surface area contributed by atoms with Crippen molar-refractivity contribution in [3.8, 4) is 0 Å². The first-order valence-corrected chi connectivity index (χ1v) is 6.83. The van der Waals surface area contributed by atoms with E-state index in [0.29, 0.717) is 12.3 Å². The standard InChI is InChI=1S/C13H26N2O2/c1-11(4-3-9-16)15-13(17)7-6-12-5-2-8-14-10-12/h11-12,14,16H,2-10H2,1H3,(H,15,17). The van der Waals surface area contributed by atoms with Gasteiger partial charge in [-0.2, -0.15) is 0 Å². The molecule has 1 aliphatic heterocycles. The van der Waals surface area contributed by atoms with Crippen molar-refractivity contribution in [1.29, 1.82) is 0 Å². The van der Waals surface area contributed by atoms with E-state index in [0.717, 1.165) is 32.4 Å². The van der Waals surface area contributed by atoms with Gasteiger partial charge in [0.15, 0.2) is 0 Å². The van der Waals surface area contributed by atoms with Crippen LogP contribution in [-0.4, -0.2) is 36.8 Å². The molecule has 100 valence electrons. The van der Waals surface area contributed by atoms with Gasteiger partial charge in [0.2, 0.25) is 5.91 Å². The van der Waals surface area contributed by atoms with Crippen molar-refractivity contribution in [2.75, 3.05) is 19.7 Å². The summed E-state index contributed by atoms with van der Waals surface area (Å²) < 4.78 is 0. The van der Waals surface area contributed by atoms with Gasteiger partial charge in [0.05, 0.1) is 0 Å². The van der Waals surface area contributed by atoms with Gasteiger partial charge in [0.1, 0.15) is 0 Å². The minimum atomic E-state index is 0.154. The summed E-state index contributed by atoms with van der Waals surface area (Å²) in [6.07, 6.45) is 5.72. The van der Waals surface area contributed by atoms with E-state index in [4.69, 9.17) is 5.11 Å². The summed E-state index contributed by atoms with van der Waals surface area (Å²) in [7, 11) is 0. The number of aliphatic hydroxyl groups is 1. The maximum absolute atomic E-state index is 11.7. The Bertz CT molecular complexity index is 215. The highest BCUT2D eigenvalue weighted by Gasteiger charge is 2.15. The highest BCUT2D eigenvalue weighted by molar-refractivity contribution is 5.76. The van der Waals surface area contributed by atoms with E-state index in [-0.39, 0.29) is 18.6 Å². The zero-order chi connectivity index (χ0) is 12.5. The molecule has 17 heavy (non-hydrogen) atoms. The summed E-state index contributed by atoms with van der Waals surface area (Å²) in [5.74, 6) is 0.822. The molecule has 0 spiro atoms. The first-order valence-electron chi connectivity index (χ1n) is 6.83. The fourth-order valence-corrected chi connectivity index (χ4v) is 2.32. The molecule has 2 atom stereocenters. The van der Waals surface area contributed by atoms with Crippen molar-refractivity contribution in [2.24, 2.45) is 5.92 Å². The average Bonchev–Trinajstić information content (AvgIpc) is 2.35. The lowest BCUT2D eigenvalue weighted by Crippen LogP contribution is -2.34. The third-order valence-electron chi connectivity index (χ3n) is 3.38. The van der Waals surface area contributed by atoms with Gasteiger partial charge in [0, 0.05) is 19.1 Å². The molecule has 1 heterocycles. The van der Waals surface area contributed by atoms with Crippen LogP contribution in [0.15, 0.2) is 0 Å². The molecule has 0 bridgehead atoms. The second-order valence-corrected chi connectivity index (χ2v) is 5.09. The van der Waals surface area contributed by atoms with Gasteiger partial charge in [-0.05, 0) is 58.0 Å². The summed E-state index contributed by atoms with van der Waals surface area (Å²) in [4.78, 5) is 11.7. The molecule has 0 aromatic rings. The van der Waals surface area contributed by atoms with Crippen LogP contribution in [0.25, 0.3) is 0 Å². The summed E-state index contributed by atoms with van der Waals surface area (Å²) in [6, 6.07) is 0.180. The monoisotopic (exact) mass is 242 g/mol. The van der Waals surface area contributed by atoms with E-state index < -0.39 is 0 Å². The topological polar surface area (TPSA) is 61.4 Å². The zero-order valence-corrected chi connectivity index (χ0v) is 10.9. The van der Waals surface area contributed by atoms with Crippen LogP contribution >= 0.6 is 0 Å². The molecule has 4 nitrogen and oxygen atoms in total. The lowest BCUT2D eigenvalue weighted by Gasteiger charge is -2.22. The van der Waals surface area contributed by atoms with Crippen LogP contribution in [0.1, 0.15) is 45.4 Å². The van der Waals surface area contributed by atoms with E-state index >= 15 is 0 Å². The summed E-state index contributed by atoms with van der Waals surface area (Å²) in [5.41, 5.74) is 0. The van der Waals surface area contributed by atoms with E-state index in [9.17, 15) is 4.79 Å². The van der Waals surface area contributed by atoms with Crippen molar-refractivity contribution in [2.45, 2.75) is 51.5 Å². The minimum absolute atomic E-state index is 0.154. The van der Waals surface area contributed by atoms with Crippen molar-refractivity contribution < 1.29 is 9.90 Å². The Balaban J connectivity index is 2.07. The molecular formula is C13H26N2O2. The first-order chi connectivity index (χ1) is 8.22. The Hall–Kier alpha value is -0.610. The number of aliphatic hydroxyl groups excluding tert-OH is 1. The Kier molecular flexibility index (Phi) is 7.21. The number of amides is 1. The van der Waals surface area contributed by atoms with Gasteiger partial charge in [0.25, 0.3) is 0 Å². The Morgan fingerprint density at radius 3 is 3.06 bits per heavy atom. The van der Waals surface area contributed by atoms with Crippen LogP contribution in [0.5, 0.6) is 0 Å². The third-order valence-corrected chi connectivity index (χ3v) is 3.38. The number of nitrogens with one attached hydrogen (secondary N) is 2. The first kappa shape index (κ1) is 14.5. The summed E-state index contributed by atoms with van der Waals surface area (Å²) in [6.45, 7) is 4.39. The van der Waals surface area contributed by atoms with Crippen molar-refractivity contribution in [3.63, 3.8) is 0 Å². The Morgan fingerprint density at radius 1 is 1.59 bits per heavy atom. The quantitative estimate of drug-likeness (QED) is 0.625. The molecule has 1 fully saturated rings. The van der Waals surface area contributed by atoms with Crippen LogP contribution in [0, 0.1) is 5.92 Å². The zero-order valence-electron chi connectivity index (χ0n) is 10.9. The van der Waals surface area contributed by atoms with Crippen molar-refractivity contribution >= 4 is 5.91 Å². The fourth-order valence-electron chi connectivity index (χ4n) is 2.32. The highest BCUT2D eigenvalue weighted by atomic mass is 16.2. The molecular weight excluding hydrogens is 216 g/mol. The average molecular weight is 242 g/mol. The Morgan fingerprint density at radius 2 is 2.41 bits per heavy atom. The predicted octanol–water partition coefficient (Wildman–Crippen LogP) is 1.04. The second-order valence-electron chi connectivity index (χ2n) is 5.09. The number of piperidine rings is 1. The molecule has 3 N–H and O–H groups in total. The summed E-state index contributed by atoms with van der Waals surface area (Å²) in [5, 5.41) is 15.1. The van der Waals surface area contributed by atoms with Crippen molar-refractivity contribution in [1.82, 2.24) is 10.6 Å². The molecule has 0 saturated carbocycles. The normalized spacial score (nSPS) is 22.1. The predicted molar refractivity (Wildman–Crippen MR) is 68.8 cm³/mol. The molecule has 0 radical (unpaired) electrons. The van der Waals surface area contributed by atoms with E-state index in [1.54, 1.807) is 0 Å².